The van der Waals surface area contributed by atoms with Crippen molar-refractivity contribution in [2.75, 3.05) is 5.75 Å². The third-order valence-corrected chi connectivity index (χ3v) is 4.85. The van der Waals surface area contributed by atoms with Crippen molar-refractivity contribution in [3.8, 4) is 11.5 Å². The van der Waals surface area contributed by atoms with Gasteiger partial charge in [-0.3, -0.25) is 4.79 Å². The first kappa shape index (κ1) is 18.5. The van der Waals surface area contributed by atoms with Gasteiger partial charge in [-0.25, -0.2) is 0 Å². The van der Waals surface area contributed by atoms with Crippen molar-refractivity contribution in [3.63, 3.8) is 0 Å². The number of rotatable bonds is 6. The number of carbonyl (C=O) groups excluding carboxylic acids is 1. The number of nitrogens with one attached hydrogen (secondary N) is 1. The van der Waals surface area contributed by atoms with Gasteiger partial charge in [0.15, 0.2) is 0 Å². The molecule has 5 nitrogen and oxygen atoms in total. The van der Waals surface area contributed by atoms with Crippen LogP contribution in [0.25, 0.3) is 11.5 Å². The van der Waals surface area contributed by atoms with Gasteiger partial charge in [-0.05, 0) is 43.7 Å². The van der Waals surface area contributed by atoms with E-state index in [1.54, 1.807) is 24.3 Å². The molecular formula is C19H18ClN3O2S. The van der Waals surface area contributed by atoms with E-state index in [9.17, 15) is 4.79 Å². The highest BCUT2D eigenvalue weighted by Crippen LogP contribution is 2.24. The van der Waals surface area contributed by atoms with E-state index >= 15 is 0 Å². The maximum Gasteiger partial charge on any atom is 0.277 e. The Morgan fingerprint density at radius 1 is 1.15 bits per heavy atom. The summed E-state index contributed by atoms with van der Waals surface area (Å²) in [6.45, 7) is 3.99. The van der Waals surface area contributed by atoms with E-state index in [0.717, 1.165) is 11.1 Å². The lowest BCUT2D eigenvalue weighted by Crippen LogP contribution is -2.28. The summed E-state index contributed by atoms with van der Waals surface area (Å²) in [6, 6.07) is 15.2. The van der Waals surface area contributed by atoms with Crippen LogP contribution in [-0.2, 0) is 4.79 Å². The average Bonchev–Trinajstić information content (AvgIpc) is 3.10. The number of nitrogens with zero attached hydrogens (tertiary/aromatic N) is 2. The van der Waals surface area contributed by atoms with Crippen molar-refractivity contribution < 1.29 is 9.21 Å². The topological polar surface area (TPSA) is 68.0 Å². The molecule has 0 aliphatic rings. The molecule has 0 bridgehead atoms. The third kappa shape index (κ3) is 4.86. The second-order valence-corrected chi connectivity index (χ2v) is 7.23. The molecule has 1 unspecified atom stereocenters. The van der Waals surface area contributed by atoms with E-state index in [2.05, 4.69) is 15.5 Å². The first-order valence-corrected chi connectivity index (χ1v) is 9.46. The molecule has 2 aromatic carbocycles. The number of benzene rings is 2. The van der Waals surface area contributed by atoms with Gasteiger partial charge in [-0.15, -0.1) is 10.2 Å². The first-order chi connectivity index (χ1) is 12.5. The molecule has 7 heteroatoms. The molecule has 26 heavy (non-hydrogen) atoms. The van der Waals surface area contributed by atoms with Crippen LogP contribution in [0.4, 0.5) is 0 Å². The standard InChI is InChI=1S/C19H18ClN3O2S/c1-12-3-5-14(6-4-12)13(2)21-17(24)11-26-19-23-22-18(25-19)15-7-9-16(20)10-8-15/h3-10,13H,11H2,1-2H3,(H,21,24). The molecule has 1 atom stereocenters. The van der Waals surface area contributed by atoms with Crippen molar-refractivity contribution >= 4 is 29.3 Å². The van der Waals surface area contributed by atoms with Crippen LogP contribution >= 0.6 is 23.4 Å². The monoisotopic (exact) mass is 387 g/mol. The van der Waals surface area contributed by atoms with Crippen LogP contribution in [-0.4, -0.2) is 21.9 Å². The van der Waals surface area contributed by atoms with Crippen LogP contribution < -0.4 is 5.32 Å². The SMILES string of the molecule is Cc1ccc(C(C)NC(=O)CSc2nnc(-c3ccc(Cl)cc3)o2)cc1. The van der Waals surface area contributed by atoms with Gasteiger partial charge in [0.05, 0.1) is 11.8 Å². The number of aryl methyl sites for hydroxylation is 1. The summed E-state index contributed by atoms with van der Waals surface area (Å²) in [6.07, 6.45) is 0. The van der Waals surface area contributed by atoms with E-state index < -0.39 is 0 Å². The van der Waals surface area contributed by atoms with Crippen LogP contribution in [0, 0.1) is 6.92 Å². The molecule has 0 saturated heterocycles. The average molecular weight is 388 g/mol. The maximum absolute atomic E-state index is 12.1. The van der Waals surface area contributed by atoms with Gasteiger partial charge in [0, 0.05) is 10.6 Å². The molecule has 1 N–H and O–H groups in total. The highest BCUT2D eigenvalue weighted by atomic mass is 35.5. The quantitative estimate of drug-likeness (QED) is 0.622. The molecule has 134 valence electrons. The molecule has 0 radical (unpaired) electrons. The molecule has 1 amide bonds. The Morgan fingerprint density at radius 3 is 2.54 bits per heavy atom. The van der Waals surface area contributed by atoms with Crippen LogP contribution in [0.2, 0.25) is 5.02 Å². The second kappa shape index (κ2) is 8.38. The lowest BCUT2D eigenvalue weighted by molar-refractivity contribution is -0.119. The summed E-state index contributed by atoms with van der Waals surface area (Å²) < 4.78 is 5.58. The van der Waals surface area contributed by atoms with Crippen molar-refractivity contribution in [3.05, 3.63) is 64.7 Å². The van der Waals surface area contributed by atoms with E-state index in [1.807, 2.05) is 38.1 Å². The smallest absolute Gasteiger partial charge is 0.277 e. The van der Waals surface area contributed by atoms with Crippen molar-refractivity contribution in [2.45, 2.75) is 25.1 Å². The zero-order valence-electron chi connectivity index (χ0n) is 14.4. The van der Waals surface area contributed by atoms with E-state index in [1.165, 1.54) is 17.3 Å². The van der Waals surface area contributed by atoms with Gasteiger partial charge in [0.1, 0.15) is 0 Å². The Kier molecular flexibility index (Phi) is 5.96. The van der Waals surface area contributed by atoms with Crippen molar-refractivity contribution in [2.24, 2.45) is 0 Å². The summed E-state index contributed by atoms with van der Waals surface area (Å²) in [7, 11) is 0. The van der Waals surface area contributed by atoms with Crippen LogP contribution in [0.1, 0.15) is 24.1 Å². The Hall–Kier alpha value is -2.31. The number of hydrogen-bond donors (Lipinski definition) is 1. The summed E-state index contributed by atoms with van der Waals surface area (Å²) >= 11 is 7.08. The Balaban J connectivity index is 1.53. The minimum atomic E-state index is -0.0886. The van der Waals surface area contributed by atoms with E-state index in [-0.39, 0.29) is 17.7 Å². The summed E-state index contributed by atoms with van der Waals surface area (Å²) in [5, 5.41) is 11.9. The Labute approximate surface area is 161 Å². The van der Waals surface area contributed by atoms with Crippen molar-refractivity contribution in [1.82, 2.24) is 15.5 Å². The van der Waals surface area contributed by atoms with E-state index in [0.29, 0.717) is 16.1 Å². The fourth-order valence-corrected chi connectivity index (χ4v) is 3.03. The number of halogens is 1. The van der Waals surface area contributed by atoms with Crippen LogP contribution in [0.5, 0.6) is 0 Å². The molecule has 0 spiro atoms. The van der Waals surface area contributed by atoms with Gasteiger partial charge in [0.25, 0.3) is 5.22 Å². The third-order valence-electron chi connectivity index (χ3n) is 3.78. The number of amides is 1. The Bertz CT molecular complexity index is 879. The molecule has 0 aliphatic heterocycles. The minimum Gasteiger partial charge on any atom is -0.411 e. The highest BCUT2D eigenvalue weighted by molar-refractivity contribution is 7.99. The van der Waals surface area contributed by atoms with Gasteiger partial charge < -0.3 is 9.73 Å². The fraction of sp³-hybridized carbons (Fsp3) is 0.211. The molecule has 1 heterocycles. The molecule has 3 aromatic rings. The minimum absolute atomic E-state index is 0.0592. The summed E-state index contributed by atoms with van der Waals surface area (Å²) in [4.78, 5) is 12.1. The lowest BCUT2D eigenvalue weighted by atomic mass is 10.1. The summed E-state index contributed by atoms with van der Waals surface area (Å²) in [5.41, 5.74) is 3.04. The largest absolute Gasteiger partial charge is 0.411 e. The molecule has 0 fully saturated rings. The zero-order valence-corrected chi connectivity index (χ0v) is 16.0. The summed E-state index contributed by atoms with van der Waals surface area (Å²) in [5.74, 6) is 0.519. The van der Waals surface area contributed by atoms with Gasteiger partial charge in [-0.2, -0.15) is 0 Å². The predicted octanol–water partition coefficient (Wildman–Crippen LogP) is 4.67. The number of hydrogen-bond acceptors (Lipinski definition) is 5. The number of carbonyl (C=O) groups is 1. The van der Waals surface area contributed by atoms with Crippen LogP contribution in [0.3, 0.4) is 0 Å². The number of aromatic nitrogens is 2. The molecule has 1 aromatic heterocycles. The zero-order chi connectivity index (χ0) is 18.5. The second-order valence-electron chi connectivity index (χ2n) is 5.87. The van der Waals surface area contributed by atoms with Crippen LogP contribution in [0.15, 0.2) is 58.2 Å². The molecular weight excluding hydrogens is 370 g/mol. The predicted molar refractivity (Wildman–Crippen MR) is 103 cm³/mol. The molecule has 0 aliphatic carbocycles. The maximum atomic E-state index is 12.1. The molecule has 3 rings (SSSR count). The molecule has 0 saturated carbocycles. The fourth-order valence-electron chi connectivity index (χ4n) is 2.33. The van der Waals surface area contributed by atoms with E-state index in [4.69, 9.17) is 16.0 Å². The van der Waals surface area contributed by atoms with Gasteiger partial charge in [0.2, 0.25) is 11.8 Å². The number of thioether (sulfide) groups is 1. The highest BCUT2D eigenvalue weighted by Gasteiger charge is 2.13. The van der Waals surface area contributed by atoms with Gasteiger partial charge in [-0.1, -0.05) is 53.2 Å². The van der Waals surface area contributed by atoms with Crippen molar-refractivity contribution in [1.29, 1.82) is 0 Å². The normalized spacial score (nSPS) is 12.0. The first-order valence-electron chi connectivity index (χ1n) is 8.09. The lowest BCUT2D eigenvalue weighted by Gasteiger charge is -2.14. The Morgan fingerprint density at radius 2 is 1.85 bits per heavy atom. The van der Waals surface area contributed by atoms with Gasteiger partial charge >= 0.3 is 0 Å².